The fraction of sp³-hybridized carbons (Fsp3) is 0.417. The van der Waals surface area contributed by atoms with Crippen LogP contribution in [0.3, 0.4) is 0 Å². The topological polar surface area (TPSA) is 50.4 Å². The number of carbonyl (C=O) groups excluding carboxylic acids is 1. The molecule has 2 N–H and O–H groups in total. The maximum atomic E-state index is 11.9. The van der Waals surface area contributed by atoms with E-state index in [1.165, 1.54) is 0 Å². The van der Waals surface area contributed by atoms with Gasteiger partial charge in [0, 0.05) is 23.2 Å². The van der Waals surface area contributed by atoms with Crippen molar-refractivity contribution >= 4 is 39.9 Å². The molecule has 0 aromatic heterocycles. The van der Waals surface area contributed by atoms with Crippen LogP contribution in [0.25, 0.3) is 0 Å². The second kappa shape index (κ2) is 7.09. The fourth-order valence-corrected chi connectivity index (χ4v) is 2.06. The summed E-state index contributed by atoms with van der Waals surface area (Å²) in [7, 11) is 0. The zero-order chi connectivity index (χ0) is 12.3. The Morgan fingerprint density at radius 3 is 3.00 bits per heavy atom. The second-order valence-electron chi connectivity index (χ2n) is 3.97. The Kier molecular flexibility index (Phi) is 6.08. The largest absolute Gasteiger partial charge is 0.366 e. The number of nitrogens with one attached hydrogen (secondary N) is 2. The summed E-state index contributed by atoms with van der Waals surface area (Å²) in [5.41, 5.74) is 1.84. The zero-order valence-corrected chi connectivity index (χ0v) is 12.4. The molecule has 1 aliphatic heterocycles. The highest BCUT2D eigenvalue weighted by Crippen LogP contribution is 2.23. The third-order valence-electron chi connectivity index (χ3n) is 2.75. The number of ether oxygens (including phenoxy) is 1. The van der Waals surface area contributed by atoms with Crippen LogP contribution < -0.4 is 10.6 Å². The third-order valence-corrected chi connectivity index (χ3v) is 3.60. The molecule has 1 aromatic carbocycles. The quantitative estimate of drug-likeness (QED) is 0.870. The monoisotopic (exact) mass is 334 g/mol. The molecular weight excluding hydrogens is 320 g/mol. The highest BCUT2D eigenvalue weighted by atomic mass is 79.9. The molecule has 1 aromatic rings. The minimum atomic E-state index is -0.401. The lowest BCUT2D eigenvalue weighted by Gasteiger charge is -2.23. The molecule has 18 heavy (non-hydrogen) atoms. The first kappa shape index (κ1) is 15.4. The molecule has 100 valence electrons. The first-order chi connectivity index (χ1) is 8.18. The number of hydrogen-bond donors (Lipinski definition) is 2. The lowest BCUT2D eigenvalue weighted by molar-refractivity contribution is -0.128. The molecule has 0 spiro atoms. The van der Waals surface area contributed by atoms with E-state index in [0.717, 1.165) is 22.3 Å². The lowest BCUT2D eigenvalue weighted by Crippen LogP contribution is -2.45. The van der Waals surface area contributed by atoms with Crippen LogP contribution in [0.5, 0.6) is 0 Å². The number of carbonyl (C=O) groups is 1. The highest BCUT2D eigenvalue weighted by molar-refractivity contribution is 9.10. The Hall–Kier alpha value is -0.620. The van der Waals surface area contributed by atoms with Crippen LogP contribution in [0.2, 0.25) is 0 Å². The van der Waals surface area contributed by atoms with E-state index in [1.54, 1.807) is 0 Å². The summed E-state index contributed by atoms with van der Waals surface area (Å²) in [4.78, 5) is 11.9. The third kappa shape index (κ3) is 3.68. The number of rotatable bonds is 2. The SMILES string of the molecule is Cc1c(Br)cccc1NC(=O)C1CNCCO1.Cl. The maximum absolute atomic E-state index is 11.9. The molecule has 1 fully saturated rings. The molecule has 0 saturated carbocycles. The van der Waals surface area contributed by atoms with Crippen molar-refractivity contribution < 1.29 is 9.53 Å². The van der Waals surface area contributed by atoms with Crippen LogP contribution in [-0.2, 0) is 9.53 Å². The van der Waals surface area contributed by atoms with Gasteiger partial charge in [0.1, 0.15) is 6.10 Å². The average molecular weight is 336 g/mol. The van der Waals surface area contributed by atoms with Crippen LogP contribution in [-0.4, -0.2) is 31.7 Å². The van der Waals surface area contributed by atoms with Crippen molar-refractivity contribution in [2.75, 3.05) is 25.0 Å². The minimum absolute atomic E-state index is 0. The Balaban J connectivity index is 0.00000162. The van der Waals surface area contributed by atoms with Crippen molar-refractivity contribution in [1.29, 1.82) is 0 Å². The Morgan fingerprint density at radius 2 is 2.33 bits per heavy atom. The molecule has 6 heteroatoms. The van der Waals surface area contributed by atoms with E-state index in [2.05, 4.69) is 26.6 Å². The van der Waals surface area contributed by atoms with E-state index in [0.29, 0.717) is 13.2 Å². The van der Waals surface area contributed by atoms with Crippen molar-refractivity contribution in [3.63, 3.8) is 0 Å². The number of anilines is 1. The van der Waals surface area contributed by atoms with Crippen LogP contribution >= 0.6 is 28.3 Å². The van der Waals surface area contributed by atoms with Crippen molar-refractivity contribution in [1.82, 2.24) is 5.32 Å². The van der Waals surface area contributed by atoms with Crippen LogP contribution in [0, 0.1) is 6.92 Å². The van der Waals surface area contributed by atoms with Gasteiger partial charge in [0.05, 0.1) is 6.61 Å². The molecule has 1 amide bonds. The van der Waals surface area contributed by atoms with Crippen molar-refractivity contribution in [2.45, 2.75) is 13.0 Å². The first-order valence-corrected chi connectivity index (χ1v) is 6.36. The molecule has 0 aliphatic carbocycles. The van der Waals surface area contributed by atoms with Crippen LogP contribution in [0.1, 0.15) is 5.56 Å². The molecule has 1 atom stereocenters. The van der Waals surface area contributed by atoms with E-state index < -0.39 is 6.10 Å². The molecule has 4 nitrogen and oxygen atoms in total. The highest BCUT2D eigenvalue weighted by Gasteiger charge is 2.22. The van der Waals surface area contributed by atoms with E-state index in [4.69, 9.17) is 4.74 Å². The van der Waals surface area contributed by atoms with Gasteiger partial charge in [-0.1, -0.05) is 22.0 Å². The predicted octanol–water partition coefficient (Wildman–Crippen LogP) is 2.11. The van der Waals surface area contributed by atoms with Gasteiger partial charge < -0.3 is 15.4 Å². The van der Waals surface area contributed by atoms with Crippen molar-refractivity contribution in [3.05, 3.63) is 28.2 Å². The van der Waals surface area contributed by atoms with Gasteiger partial charge in [0.25, 0.3) is 5.91 Å². The van der Waals surface area contributed by atoms with Gasteiger partial charge in [0.2, 0.25) is 0 Å². The Morgan fingerprint density at radius 1 is 1.56 bits per heavy atom. The van der Waals surface area contributed by atoms with Gasteiger partial charge in [-0.15, -0.1) is 12.4 Å². The standard InChI is InChI=1S/C12H15BrN2O2.ClH/c1-8-9(13)3-2-4-10(8)15-12(16)11-7-14-5-6-17-11;/h2-4,11,14H,5-7H2,1H3,(H,15,16);1H. The van der Waals surface area contributed by atoms with Gasteiger partial charge in [-0.3, -0.25) is 4.79 Å². The molecule has 1 saturated heterocycles. The number of benzene rings is 1. The summed E-state index contributed by atoms with van der Waals surface area (Å²) < 4.78 is 6.38. The van der Waals surface area contributed by atoms with Crippen LogP contribution in [0.4, 0.5) is 5.69 Å². The summed E-state index contributed by atoms with van der Waals surface area (Å²) in [6.07, 6.45) is -0.401. The fourth-order valence-electron chi connectivity index (χ4n) is 1.69. The lowest BCUT2D eigenvalue weighted by atomic mass is 10.2. The van der Waals surface area contributed by atoms with Crippen molar-refractivity contribution in [3.8, 4) is 0 Å². The average Bonchev–Trinajstić information content (AvgIpc) is 2.36. The molecule has 2 rings (SSSR count). The molecule has 0 bridgehead atoms. The molecule has 1 aliphatic rings. The molecule has 1 heterocycles. The Bertz CT molecular complexity index is 423. The normalized spacial score (nSPS) is 18.9. The molecule has 1 unspecified atom stereocenters. The first-order valence-electron chi connectivity index (χ1n) is 5.57. The smallest absolute Gasteiger partial charge is 0.254 e. The van der Waals surface area contributed by atoms with E-state index in [1.807, 2.05) is 25.1 Å². The number of amides is 1. The van der Waals surface area contributed by atoms with Gasteiger partial charge >= 0.3 is 0 Å². The number of hydrogen-bond acceptors (Lipinski definition) is 3. The summed E-state index contributed by atoms with van der Waals surface area (Å²) in [6.45, 7) is 3.91. The summed E-state index contributed by atoms with van der Waals surface area (Å²) in [5, 5.41) is 6.02. The van der Waals surface area contributed by atoms with Gasteiger partial charge in [-0.05, 0) is 24.6 Å². The van der Waals surface area contributed by atoms with Gasteiger partial charge in [-0.25, -0.2) is 0 Å². The van der Waals surface area contributed by atoms with Crippen molar-refractivity contribution in [2.24, 2.45) is 0 Å². The summed E-state index contributed by atoms with van der Waals surface area (Å²) in [5.74, 6) is -0.0987. The molecular formula is C12H16BrClN2O2. The molecule has 0 radical (unpaired) electrons. The van der Waals surface area contributed by atoms with Crippen LogP contribution in [0.15, 0.2) is 22.7 Å². The summed E-state index contributed by atoms with van der Waals surface area (Å²) >= 11 is 3.44. The van der Waals surface area contributed by atoms with Gasteiger partial charge in [-0.2, -0.15) is 0 Å². The predicted molar refractivity (Wildman–Crippen MR) is 77.4 cm³/mol. The zero-order valence-electron chi connectivity index (χ0n) is 10.0. The minimum Gasteiger partial charge on any atom is -0.366 e. The maximum Gasteiger partial charge on any atom is 0.254 e. The Labute approximate surface area is 121 Å². The van der Waals surface area contributed by atoms with E-state index in [-0.39, 0.29) is 18.3 Å². The van der Waals surface area contributed by atoms with Gasteiger partial charge in [0.15, 0.2) is 0 Å². The van der Waals surface area contributed by atoms with E-state index >= 15 is 0 Å². The van der Waals surface area contributed by atoms with E-state index in [9.17, 15) is 4.79 Å². The number of morpholine rings is 1. The second-order valence-corrected chi connectivity index (χ2v) is 4.82. The summed E-state index contributed by atoms with van der Waals surface area (Å²) in [6, 6.07) is 5.73. The number of halogens is 2.